The minimum atomic E-state index is -1.04. The van der Waals surface area contributed by atoms with E-state index in [0.717, 1.165) is 10.8 Å². The van der Waals surface area contributed by atoms with E-state index in [1.807, 2.05) is 36.4 Å². The van der Waals surface area contributed by atoms with Gasteiger partial charge in [-0.2, -0.15) is 0 Å². The highest BCUT2D eigenvalue weighted by Crippen LogP contribution is 2.22. The molecule has 0 spiro atoms. The smallest absolute Gasteiger partial charge is 0.326 e. The summed E-state index contributed by atoms with van der Waals surface area (Å²) < 4.78 is 0. The van der Waals surface area contributed by atoms with Gasteiger partial charge in [0, 0.05) is 5.39 Å². The van der Waals surface area contributed by atoms with Crippen LogP contribution in [0.1, 0.15) is 13.3 Å². The van der Waals surface area contributed by atoms with E-state index in [9.17, 15) is 9.59 Å². The highest BCUT2D eigenvalue weighted by molar-refractivity contribution is 6.02. The molecule has 104 valence electrons. The fourth-order valence-electron chi connectivity index (χ4n) is 1.99. The Morgan fingerprint density at radius 1 is 1.15 bits per heavy atom. The molecule has 0 aliphatic rings. The maximum atomic E-state index is 11.8. The summed E-state index contributed by atoms with van der Waals surface area (Å²) in [6.07, 6.45) is 0.332. The number of nitrogens with one attached hydrogen (secondary N) is 2. The second kappa shape index (κ2) is 6.06. The predicted molar refractivity (Wildman–Crippen MR) is 77.8 cm³/mol. The Balaban J connectivity index is 2.16. The third kappa shape index (κ3) is 3.06. The van der Waals surface area contributed by atoms with Crippen molar-refractivity contribution in [2.24, 2.45) is 0 Å². The van der Waals surface area contributed by atoms with E-state index in [4.69, 9.17) is 5.11 Å². The molecule has 0 aliphatic carbocycles. The second-order valence-electron chi connectivity index (χ2n) is 4.42. The first-order chi connectivity index (χ1) is 9.61. The van der Waals surface area contributed by atoms with Crippen LogP contribution < -0.4 is 10.6 Å². The number of rotatable bonds is 4. The molecular weight excluding hydrogens is 256 g/mol. The van der Waals surface area contributed by atoms with Crippen molar-refractivity contribution in [3.63, 3.8) is 0 Å². The lowest BCUT2D eigenvalue weighted by Gasteiger charge is -2.14. The molecule has 2 aromatic carbocycles. The molecule has 2 aromatic rings. The topological polar surface area (TPSA) is 78.4 Å². The van der Waals surface area contributed by atoms with Crippen LogP contribution in [0.2, 0.25) is 0 Å². The van der Waals surface area contributed by atoms with Gasteiger partial charge in [0.25, 0.3) is 0 Å². The van der Waals surface area contributed by atoms with Gasteiger partial charge in [0.1, 0.15) is 6.04 Å². The molecule has 0 unspecified atom stereocenters. The fourth-order valence-corrected chi connectivity index (χ4v) is 1.99. The zero-order chi connectivity index (χ0) is 14.5. The molecule has 0 saturated heterocycles. The lowest BCUT2D eigenvalue weighted by Crippen LogP contribution is -2.42. The number of hydrogen-bond acceptors (Lipinski definition) is 2. The van der Waals surface area contributed by atoms with E-state index in [1.165, 1.54) is 0 Å². The van der Waals surface area contributed by atoms with E-state index in [2.05, 4.69) is 10.6 Å². The van der Waals surface area contributed by atoms with Gasteiger partial charge in [-0.1, -0.05) is 43.3 Å². The van der Waals surface area contributed by atoms with Crippen LogP contribution in [0.5, 0.6) is 0 Å². The molecule has 0 fully saturated rings. The lowest BCUT2D eigenvalue weighted by atomic mass is 10.1. The molecule has 2 rings (SSSR count). The normalized spacial score (nSPS) is 11.8. The van der Waals surface area contributed by atoms with Crippen molar-refractivity contribution in [2.45, 2.75) is 19.4 Å². The van der Waals surface area contributed by atoms with Crippen molar-refractivity contribution in [3.8, 4) is 0 Å². The first-order valence-corrected chi connectivity index (χ1v) is 6.40. The van der Waals surface area contributed by atoms with E-state index in [-0.39, 0.29) is 0 Å². The third-order valence-corrected chi connectivity index (χ3v) is 3.05. The van der Waals surface area contributed by atoms with Gasteiger partial charge in [0.15, 0.2) is 0 Å². The summed E-state index contributed by atoms with van der Waals surface area (Å²) in [6.45, 7) is 1.71. The molecule has 0 saturated carbocycles. The van der Waals surface area contributed by atoms with Crippen LogP contribution in [0, 0.1) is 0 Å². The molecule has 0 radical (unpaired) electrons. The maximum absolute atomic E-state index is 11.8. The number of hydrogen-bond donors (Lipinski definition) is 3. The summed E-state index contributed by atoms with van der Waals surface area (Å²) in [5.41, 5.74) is 0.654. The monoisotopic (exact) mass is 272 g/mol. The Hall–Kier alpha value is -2.56. The van der Waals surface area contributed by atoms with Crippen LogP contribution in [-0.4, -0.2) is 23.1 Å². The zero-order valence-corrected chi connectivity index (χ0v) is 11.1. The summed E-state index contributed by atoms with van der Waals surface area (Å²) in [4.78, 5) is 22.7. The maximum Gasteiger partial charge on any atom is 0.326 e. The van der Waals surface area contributed by atoms with Gasteiger partial charge in [-0.25, -0.2) is 9.59 Å². The molecule has 2 amide bonds. The van der Waals surface area contributed by atoms with Gasteiger partial charge in [0.05, 0.1) is 5.69 Å². The zero-order valence-electron chi connectivity index (χ0n) is 11.1. The Kier molecular flexibility index (Phi) is 4.20. The highest BCUT2D eigenvalue weighted by atomic mass is 16.4. The first-order valence-electron chi connectivity index (χ1n) is 6.40. The Morgan fingerprint density at radius 3 is 2.55 bits per heavy atom. The van der Waals surface area contributed by atoms with Gasteiger partial charge < -0.3 is 15.7 Å². The van der Waals surface area contributed by atoms with Crippen LogP contribution >= 0.6 is 0 Å². The number of aliphatic carboxylic acids is 1. The molecule has 5 heteroatoms. The van der Waals surface area contributed by atoms with Gasteiger partial charge in [-0.3, -0.25) is 0 Å². The van der Waals surface area contributed by atoms with Gasteiger partial charge in [-0.05, 0) is 17.9 Å². The van der Waals surface area contributed by atoms with Gasteiger partial charge in [-0.15, -0.1) is 0 Å². The van der Waals surface area contributed by atoms with E-state index in [0.29, 0.717) is 12.1 Å². The fraction of sp³-hybridized carbons (Fsp3) is 0.200. The molecule has 20 heavy (non-hydrogen) atoms. The standard InChI is InChI=1S/C15H16N2O3/c1-2-12(14(18)19)16-15(20)17-13-9-5-7-10-6-3-4-8-11(10)13/h3-9,12H,2H2,1H3,(H,18,19)(H2,16,17,20)/t12-/m1/s1. The minimum Gasteiger partial charge on any atom is -0.480 e. The van der Waals surface area contributed by atoms with Crippen LogP contribution in [0.4, 0.5) is 10.5 Å². The third-order valence-electron chi connectivity index (χ3n) is 3.05. The molecule has 0 aromatic heterocycles. The van der Waals surface area contributed by atoms with Crippen molar-refractivity contribution >= 4 is 28.5 Å². The Labute approximate surface area is 116 Å². The number of urea groups is 1. The summed E-state index contributed by atoms with van der Waals surface area (Å²) >= 11 is 0. The quantitative estimate of drug-likeness (QED) is 0.800. The van der Waals surface area contributed by atoms with Crippen LogP contribution in [-0.2, 0) is 4.79 Å². The highest BCUT2D eigenvalue weighted by Gasteiger charge is 2.17. The van der Waals surface area contributed by atoms with Crippen molar-refractivity contribution in [2.75, 3.05) is 5.32 Å². The molecule has 1 atom stereocenters. The Bertz CT molecular complexity index is 635. The minimum absolute atomic E-state index is 0.332. The van der Waals surface area contributed by atoms with Crippen molar-refractivity contribution < 1.29 is 14.7 Å². The number of amides is 2. The Morgan fingerprint density at radius 2 is 1.85 bits per heavy atom. The van der Waals surface area contributed by atoms with Gasteiger partial charge >= 0.3 is 12.0 Å². The number of fused-ring (bicyclic) bond motifs is 1. The number of carboxylic acids is 1. The van der Waals surface area contributed by atoms with Crippen molar-refractivity contribution in [1.29, 1.82) is 0 Å². The first kappa shape index (κ1) is 13.9. The summed E-state index contributed by atoms with van der Waals surface area (Å²) in [5, 5.41) is 16.0. The van der Waals surface area contributed by atoms with Crippen LogP contribution in [0.25, 0.3) is 10.8 Å². The van der Waals surface area contributed by atoms with Crippen LogP contribution in [0.15, 0.2) is 42.5 Å². The second-order valence-corrected chi connectivity index (χ2v) is 4.42. The largest absolute Gasteiger partial charge is 0.480 e. The number of anilines is 1. The number of carbonyl (C=O) groups excluding carboxylic acids is 1. The predicted octanol–water partition coefficient (Wildman–Crippen LogP) is 2.82. The molecule has 3 N–H and O–H groups in total. The summed E-state index contributed by atoms with van der Waals surface area (Å²) in [6, 6.07) is 11.8. The average molecular weight is 272 g/mol. The van der Waals surface area contributed by atoms with Gasteiger partial charge in [0.2, 0.25) is 0 Å². The lowest BCUT2D eigenvalue weighted by molar-refractivity contribution is -0.139. The molecule has 5 nitrogen and oxygen atoms in total. The molecule has 0 heterocycles. The van der Waals surface area contributed by atoms with Crippen molar-refractivity contribution in [1.82, 2.24) is 5.32 Å². The van der Waals surface area contributed by atoms with E-state index in [1.54, 1.807) is 13.0 Å². The van der Waals surface area contributed by atoms with Crippen molar-refractivity contribution in [3.05, 3.63) is 42.5 Å². The number of carbonyl (C=O) groups is 2. The summed E-state index contributed by atoms with van der Waals surface area (Å²) in [7, 11) is 0. The molecule has 0 bridgehead atoms. The number of benzene rings is 2. The molecule has 0 aliphatic heterocycles. The van der Waals surface area contributed by atoms with E-state index < -0.39 is 18.0 Å². The number of carboxylic acid groups (broad SMARTS) is 1. The van der Waals surface area contributed by atoms with E-state index >= 15 is 0 Å². The van der Waals surface area contributed by atoms with Crippen LogP contribution in [0.3, 0.4) is 0 Å². The molecular formula is C15H16N2O3. The summed E-state index contributed by atoms with van der Waals surface area (Å²) in [5.74, 6) is -1.04. The average Bonchev–Trinajstić information content (AvgIpc) is 2.45. The SMILES string of the molecule is CC[C@@H](NC(=O)Nc1cccc2ccccc12)C(=O)O.